The number of ether oxygens (including phenoxy) is 1. The molecule has 2 atom stereocenters. The van der Waals surface area contributed by atoms with Crippen LogP contribution in [-0.4, -0.2) is 21.8 Å². The lowest BCUT2D eigenvalue weighted by molar-refractivity contribution is 0.415. The number of aromatic nitrogens is 2. The number of halogens is 1. The van der Waals surface area contributed by atoms with E-state index in [1.165, 1.54) is 5.56 Å². The Hall–Kier alpha value is -3.35. The molecule has 5 rings (SSSR count). The first-order valence-electron chi connectivity index (χ1n) is 11.5. The number of pyridine rings is 1. The number of hydrogen-bond donors (Lipinski definition) is 1. The van der Waals surface area contributed by atoms with Gasteiger partial charge in [0.05, 0.1) is 24.9 Å². The number of hydrogen-bond acceptors (Lipinski definition) is 3. The lowest BCUT2D eigenvalue weighted by Crippen LogP contribution is -2.29. The third-order valence-electron chi connectivity index (χ3n) is 6.72. The predicted molar refractivity (Wildman–Crippen MR) is 146 cm³/mol. The van der Waals surface area contributed by atoms with Crippen LogP contribution in [-0.2, 0) is 0 Å². The van der Waals surface area contributed by atoms with Crippen molar-refractivity contribution in [1.82, 2.24) is 14.9 Å². The van der Waals surface area contributed by atoms with E-state index >= 15 is 0 Å². The fraction of sp³-hybridized carbons (Fsp3) is 0.214. The molecule has 0 aliphatic carbocycles. The predicted octanol–water partition coefficient (Wildman–Crippen LogP) is 6.64. The molecule has 1 N–H and O–H groups in total. The Bertz CT molecular complexity index is 1380. The number of nitrogens with zero attached hydrogens (tertiary/aromatic N) is 3. The molecule has 3 heterocycles. The second kappa shape index (κ2) is 9.36. The topological polar surface area (TPSA) is 42.3 Å². The van der Waals surface area contributed by atoms with Gasteiger partial charge in [-0.2, -0.15) is 0 Å². The number of rotatable bonds is 5. The second-order valence-corrected chi connectivity index (χ2v) is 9.53. The van der Waals surface area contributed by atoms with Crippen LogP contribution in [0.2, 0.25) is 5.02 Å². The normalized spacial score (nSPS) is 17.5. The lowest BCUT2D eigenvalue weighted by atomic mass is 9.96. The van der Waals surface area contributed by atoms with Gasteiger partial charge >= 0.3 is 0 Å². The summed E-state index contributed by atoms with van der Waals surface area (Å²) in [6.45, 7) is 6.35. The zero-order valence-corrected chi connectivity index (χ0v) is 21.7. The molecule has 0 spiro atoms. The lowest BCUT2D eigenvalue weighted by Gasteiger charge is -2.28. The van der Waals surface area contributed by atoms with Gasteiger partial charge < -0.3 is 19.5 Å². The highest BCUT2D eigenvalue weighted by atomic mass is 35.5. The van der Waals surface area contributed by atoms with Crippen LogP contribution in [0.15, 0.2) is 72.9 Å². The van der Waals surface area contributed by atoms with E-state index in [0.29, 0.717) is 5.11 Å². The molecule has 0 saturated carbocycles. The molecular formula is C28H27ClN4OS. The van der Waals surface area contributed by atoms with Gasteiger partial charge in [0.2, 0.25) is 0 Å². The van der Waals surface area contributed by atoms with E-state index in [-0.39, 0.29) is 12.1 Å². The summed E-state index contributed by atoms with van der Waals surface area (Å²) in [6, 6.07) is 22.1. The van der Waals surface area contributed by atoms with Crippen molar-refractivity contribution in [3.05, 3.63) is 106 Å². The highest BCUT2D eigenvalue weighted by molar-refractivity contribution is 7.80. The maximum Gasteiger partial charge on any atom is 0.174 e. The van der Waals surface area contributed by atoms with Crippen LogP contribution in [0.25, 0.3) is 5.69 Å². The summed E-state index contributed by atoms with van der Waals surface area (Å²) in [7, 11) is 1.67. The van der Waals surface area contributed by atoms with E-state index in [2.05, 4.69) is 52.7 Å². The summed E-state index contributed by atoms with van der Waals surface area (Å²) in [6.07, 6.45) is 1.83. The largest absolute Gasteiger partial charge is 0.497 e. The molecule has 35 heavy (non-hydrogen) atoms. The Labute approximate surface area is 216 Å². The number of anilines is 1. The van der Waals surface area contributed by atoms with Gasteiger partial charge in [0.1, 0.15) is 5.75 Å². The number of aryl methyl sites for hydroxylation is 1. The number of thiocarbonyl (C=S) groups is 1. The summed E-state index contributed by atoms with van der Waals surface area (Å²) in [4.78, 5) is 6.86. The molecule has 1 fully saturated rings. The molecule has 1 aliphatic heterocycles. The Balaban J connectivity index is 1.68. The van der Waals surface area contributed by atoms with E-state index in [1.807, 2.05) is 60.8 Å². The average Bonchev–Trinajstić information content (AvgIpc) is 3.36. The molecule has 0 amide bonds. The fourth-order valence-electron chi connectivity index (χ4n) is 4.99. The smallest absolute Gasteiger partial charge is 0.174 e. The molecule has 7 heteroatoms. The Morgan fingerprint density at radius 2 is 1.77 bits per heavy atom. The highest BCUT2D eigenvalue weighted by Gasteiger charge is 2.42. The minimum absolute atomic E-state index is 0.0924. The second-order valence-electron chi connectivity index (χ2n) is 8.74. The van der Waals surface area contributed by atoms with Crippen LogP contribution in [0, 0.1) is 20.8 Å². The van der Waals surface area contributed by atoms with E-state index in [9.17, 15) is 0 Å². The number of methoxy groups -OCH3 is 1. The van der Waals surface area contributed by atoms with Gasteiger partial charge in [0, 0.05) is 34.0 Å². The first-order valence-corrected chi connectivity index (χ1v) is 12.3. The van der Waals surface area contributed by atoms with Crippen molar-refractivity contribution in [3.63, 3.8) is 0 Å². The maximum atomic E-state index is 6.49. The molecule has 2 aromatic carbocycles. The molecule has 0 bridgehead atoms. The fourth-order valence-corrected chi connectivity index (χ4v) is 5.50. The SMILES string of the molecule is COc1ccc(N2C(=S)N[C@@H](c3ccccn3)[C@@H]2c2cc(C)n(-c3cccc(Cl)c3C)c2C)cc1. The number of nitrogens with one attached hydrogen (secondary N) is 1. The summed E-state index contributed by atoms with van der Waals surface area (Å²) in [5.41, 5.74) is 7.53. The van der Waals surface area contributed by atoms with Gasteiger partial charge in [-0.05, 0) is 98.7 Å². The first-order chi connectivity index (χ1) is 16.9. The van der Waals surface area contributed by atoms with E-state index < -0.39 is 0 Å². The summed E-state index contributed by atoms with van der Waals surface area (Å²) >= 11 is 12.4. The monoisotopic (exact) mass is 502 g/mol. The van der Waals surface area contributed by atoms with E-state index in [0.717, 1.165) is 44.8 Å². The standard InChI is InChI=1S/C28H27ClN4OS/c1-17-16-22(19(3)32(17)25-10-7-8-23(29)18(25)2)27-26(24-9-5-6-15-30-24)31-28(35)33(27)20-11-13-21(34-4)14-12-20/h5-16,26-27H,1-4H3,(H,31,35)/t26-,27-/m0/s1. The Morgan fingerprint density at radius 3 is 2.46 bits per heavy atom. The van der Waals surface area contributed by atoms with Crippen molar-refractivity contribution in [1.29, 1.82) is 0 Å². The van der Waals surface area contributed by atoms with Crippen molar-refractivity contribution >= 4 is 34.6 Å². The maximum absolute atomic E-state index is 6.49. The van der Waals surface area contributed by atoms with Gasteiger partial charge in [-0.15, -0.1) is 0 Å². The zero-order chi connectivity index (χ0) is 24.7. The minimum atomic E-state index is -0.111. The van der Waals surface area contributed by atoms with Crippen molar-refractivity contribution in [2.45, 2.75) is 32.9 Å². The molecular weight excluding hydrogens is 476 g/mol. The molecule has 1 aliphatic rings. The van der Waals surface area contributed by atoms with Gasteiger partial charge in [0.15, 0.2) is 5.11 Å². The molecule has 4 aromatic rings. The molecule has 0 unspecified atom stereocenters. The van der Waals surface area contributed by atoms with Crippen LogP contribution in [0.4, 0.5) is 5.69 Å². The van der Waals surface area contributed by atoms with Crippen LogP contribution in [0.1, 0.15) is 40.3 Å². The van der Waals surface area contributed by atoms with Crippen molar-refractivity contribution < 1.29 is 4.74 Å². The quantitative estimate of drug-likeness (QED) is 0.310. The van der Waals surface area contributed by atoms with Crippen molar-refractivity contribution in [2.75, 3.05) is 12.0 Å². The molecule has 5 nitrogen and oxygen atoms in total. The molecule has 2 aromatic heterocycles. The van der Waals surface area contributed by atoms with Crippen LogP contribution in [0.5, 0.6) is 5.75 Å². The zero-order valence-electron chi connectivity index (χ0n) is 20.1. The van der Waals surface area contributed by atoms with Crippen LogP contribution < -0.4 is 15.0 Å². The van der Waals surface area contributed by atoms with Gasteiger partial charge in [0.25, 0.3) is 0 Å². The summed E-state index contributed by atoms with van der Waals surface area (Å²) < 4.78 is 7.65. The van der Waals surface area contributed by atoms with Gasteiger partial charge in [-0.1, -0.05) is 23.7 Å². The minimum Gasteiger partial charge on any atom is -0.497 e. The third-order valence-corrected chi connectivity index (χ3v) is 7.44. The Kier molecular flexibility index (Phi) is 6.26. The highest BCUT2D eigenvalue weighted by Crippen LogP contribution is 2.44. The number of benzene rings is 2. The molecule has 1 saturated heterocycles. The molecule has 0 radical (unpaired) electrons. The van der Waals surface area contributed by atoms with Crippen molar-refractivity contribution in [3.8, 4) is 11.4 Å². The summed E-state index contributed by atoms with van der Waals surface area (Å²) in [5.74, 6) is 0.805. The van der Waals surface area contributed by atoms with Crippen LogP contribution >= 0.6 is 23.8 Å². The van der Waals surface area contributed by atoms with Crippen LogP contribution in [0.3, 0.4) is 0 Å². The Morgan fingerprint density at radius 1 is 1.00 bits per heavy atom. The van der Waals surface area contributed by atoms with Gasteiger partial charge in [-0.3, -0.25) is 4.98 Å². The van der Waals surface area contributed by atoms with E-state index in [1.54, 1.807) is 7.11 Å². The summed E-state index contributed by atoms with van der Waals surface area (Å²) in [5, 5.41) is 4.97. The average molecular weight is 503 g/mol. The van der Waals surface area contributed by atoms with Crippen molar-refractivity contribution in [2.24, 2.45) is 0 Å². The first kappa shape index (κ1) is 23.4. The van der Waals surface area contributed by atoms with Gasteiger partial charge in [-0.25, -0.2) is 0 Å². The van der Waals surface area contributed by atoms with E-state index in [4.69, 9.17) is 28.6 Å². The molecule has 178 valence electrons. The third kappa shape index (κ3) is 4.07.